The highest BCUT2D eigenvalue weighted by Gasteiger charge is 2.45. The van der Waals surface area contributed by atoms with Crippen LogP contribution in [-0.4, -0.2) is 28.0 Å². The van der Waals surface area contributed by atoms with Gasteiger partial charge in [-0.2, -0.15) is 0 Å². The second kappa shape index (κ2) is 4.86. The number of hydrogen-bond acceptors (Lipinski definition) is 2. The van der Waals surface area contributed by atoms with Crippen LogP contribution in [0.3, 0.4) is 0 Å². The van der Waals surface area contributed by atoms with Crippen LogP contribution in [0.15, 0.2) is 24.3 Å². The van der Waals surface area contributed by atoms with Crippen molar-refractivity contribution in [2.75, 3.05) is 5.75 Å². The van der Waals surface area contributed by atoms with Crippen LogP contribution in [0.4, 0.5) is 0 Å². The second-order valence-corrected chi connectivity index (χ2v) is 7.25. The Labute approximate surface area is 119 Å². The maximum absolute atomic E-state index is 12.7. The van der Waals surface area contributed by atoms with Crippen LogP contribution in [0.1, 0.15) is 49.0 Å². The zero-order chi connectivity index (χ0) is 13.6. The topological polar surface area (TPSA) is 20.3 Å². The number of fused-ring (bicyclic) bond motifs is 2. The van der Waals surface area contributed by atoms with Crippen molar-refractivity contribution in [1.82, 2.24) is 4.90 Å². The summed E-state index contributed by atoms with van der Waals surface area (Å²) in [7, 11) is 0. The van der Waals surface area contributed by atoms with Crippen LogP contribution < -0.4 is 0 Å². The molecule has 102 valence electrons. The molecular formula is C16H21NOS. The molecule has 0 aliphatic carbocycles. The Morgan fingerprint density at radius 1 is 1.37 bits per heavy atom. The lowest BCUT2D eigenvalue weighted by Gasteiger charge is -2.38. The Bertz CT molecular complexity index is 499. The minimum absolute atomic E-state index is 0.245. The Morgan fingerprint density at radius 3 is 2.84 bits per heavy atom. The van der Waals surface area contributed by atoms with Crippen molar-refractivity contribution in [3.8, 4) is 0 Å². The fourth-order valence-corrected chi connectivity index (χ4v) is 4.93. The van der Waals surface area contributed by atoms with Gasteiger partial charge >= 0.3 is 0 Å². The Kier molecular flexibility index (Phi) is 3.34. The molecule has 2 heterocycles. The summed E-state index contributed by atoms with van der Waals surface area (Å²) in [5.41, 5.74) is 2.15. The Balaban J connectivity index is 1.97. The first kappa shape index (κ1) is 13.0. The third-order valence-electron chi connectivity index (χ3n) is 4.21. The molecule has 1 saturated heterocycles. The predicted molar refractivity (Wildman–Crippen MR) is 80.5 cm³/mol. The van der Waals surface area contributed by atoms with Crippen molar-refractivity contribution >= 4 is 17.7 Å². The molecule has 0 radical (unpaired) electrons. The van der Waals surface area contributed by atoms with Gasteiger partial charge in [0.25, 0.3) is 5.91 Å². The van der Waals surface area contributed by atoms with Gasteiger partial charge in [0.15, 0.2) is 0 Å². The van der Waals surface area contributed by atoms with Gasteiger partial charge in [-0.15, -0.1) is 11.8 Å². The van der Waals surface area contributed by atoms with Crippen molar-refractivity contribution in [3.05, 3.63) is 35.4 Å². The lowest BCUT2D eigenvalue weighted by Crippen LogP contribution is -2.47. The van der Waals surface area contributed by atoms with Gasteiger partial charge in [-0.25, -0.2) is 0 Å². The normalized spacial score (nSPS) is 29.6. The molecule has 0 N–H and O–H groups in total. The van der Waals surface area contributed by atoms with Crippen LogP contribution >= 0.6 is 11.8 Å². The third kappa shape index (κ3) is 2.08. The molecule has 2 aliphatic heterocycles. The van der Waals surface area contributed by atoms with E-state index in [0.29, 0.717) is 23.3 Å². The molecule has 0 saturated carbocycles. The molecule has 1 aromatic rings. The highest BCUT2D eigenvalue weighted by atomic mass is 32.2. The smallest absolute Gasteiger partial charge is 0.255 e. The maximum Gasteiger partial charge on any atom is 0.255 e. The number of thioether (sulfide) groups is 1. The maximum atomic E-state index is 12.7. The fourth-order valence-electron chi connectivity index (χ4n) is 3.35. The van der Waals surface area contributed by atoms with E-state index in [9.17, 15) is 4.79 Å². The van der Waals surface area contributed by atoms with E-state index in [-0.39, 0.29) is 5.91 Å². The van der Waals surface area contributed by atoms with Crippen LogP contribution in [0.25, 0.3) is 0 Å². The molecule has 1 amide bonds. The number of nitrogens with zero attached hydrogens (tertiary/aromatic N) is 1. The Morgan fingerprint density at radius 2 is 2.11 bits per heavy atom. The summed E-state index contributed by atoms with van der Waals surface area (Å²) < 4.78 is 0. The summed E-state index contributed by atoms with van der Waals surface area (Å²) >= 11 is 1.96. The SMILES string of the molecule is CC(C)C[C@H]1CS[C@@H]2[C@H](C)c3ccccc3C(=O)N12. The molecular weight excluding hydrogens is 254 g/mol. The van der Waals surface area contributed by atoms with Gasteiger partial charge in [0.05, 0.1) is 5.37 Å². The van der Waals surface area contributed by atoms with Crippen molar-refractivity contribution < 1.29 is 4.79 Å². The summed E-state index contributed by atoms with van der Waals surface area (Å²) in [5.74, 6) is 2.42. The van der Waals surface area contributed by atoms with Gasteiger partial charge in [-0.3, -0.25) is 4.79 Å². The average Bonchev–Trinajstić information content (AvgIpc) is 2.79. The highest BCUT2D eigenvalue weighted by molar-refractivity contribution is 8.00. The third-order valence-corrected chi connectivity index (χ3v) is 5.77. The van der Waals surface area contributed by atoms with Crippen molar-refractivity contribution in [2.45, 2.75) is 44.5 Å². The Hall–Kier alpha value is -0.960. The summed E-state index contributed by atoms with van der Waals surface area (Å²) in [6, 6.07) is 8.54. The van der Waals surface area contributed by atoms with E-state index in [1.54, 1.807) is 0 Å². The first-order valence-electron chi connectivity index (χ1n) is 7.12. The van der Waals surface area contributed by atoms with E-state index in [1.807, 2.05) is 30.0 Å². The number of carbonyl (C=O) groups is 1. The quantitative estimate of drug-likeness (QED) is 0.819. The standard InChI is InChI=1S/C16H21NOS/c1-10(2)8-12-9-19-16-11(3)13-6-4-5-7-14(13)15(18)17(12)16/h4-7,10-12,16H,8-9H2,1-3H3/t11-,12+,16-/m1/s1. The molecule has 3 atom stereocenters. The minimum atomic E-state index is 0.245. The molecule has 2 aliphatic rings. The zero-order valence-electron chi connectivity index (χ0n) is 11.8. The molecule has 0 bridgehead atoms. The van der Waals surface area contributed by atoms with Gasteiger partial charge < -0.3 is 4.90 Å². The molecule has 1 fully saturated rings. The molecule has 0 unspecified atom stereocenters. The van der Waals surface area contributed by atoms with E-state index in [1.165, 1.54) is 5.56 Å². The van der Waals surface area contributed by atoms with Crippen molar-refractivity contribution in [1.29, 1.82) is 0 Å². The zero-order valence-corrected chi connectivity index (χ0v) is 12.6. The number of benzene rings is 1. The summed E-state index contributed by atoms with van der Waals surface area (Å²) in [6.07, 6.45) is 1.12. The lowest BCUT2D eigenvalue weighted by molar-refractivity contribution is 0.0632. The van der Waals surface area contributed by atoms with Crippen molar-refractivity contribution in [3.63, 3.8) is 0 Å². The van der Waals surface area contributed by atoms with Crippen LogP contribution in [0.5, 0.6) is 0 Å². The van der Waals surface area contributed by atoms with Gasteiger partial charge in [0.2, 0.25) is 0 Å². The van der Waals surface area contributed by atoms with E-state index < -0.39 is 0 Å². The van der Waals surface area contributed by atoms with Crippen molar-refractivity contribution in [2.24, 2.45) is 5.92 Å². The average molecular weight is 275 g/mol. The van der Waals surface area contributed by atoms with Crippen LogP contribution in [-0.2, 0) is 0 Å². The van der Waals surface area contributed by atoms with E-state index in [0.717, 1.165) is 17.7 Å². The molecule has 3 rings (SSSR count). The number of rotatable bonds is 2. The fraction of sp³-hybridized carbons (Fsp3) is 0.562. The predicted octanol–water partition coefficient (Wildman–Crippen LogP) is 3.73. The van der Waals surface area contributed by atoms with Crippen LogP contribution in [0.2, 0.25) is 0 Å². The van der Waals surface area contributed by atoms with E-state index in [4.69, 9.17) is 0 Å². The first-order valence-corrected chi connectivity index (χ1v) is 8.17. The molecule has 2 nitrogen and oxygen atoms in total. The van der Waals surface area contributed by atoms with E-state index in [2.05, 4.69) is 31.7 Å². The number of hydrogen-bond donors (Lipinski definition) is 0. The minimum Gasteiger partial charge on any atom is -0.322 e. The molecule has 0 aromatic heterocycles. The highest BCUT2D eigenvalue weighted by Crippen LogP contribution is 2.45. The molecule has 19 heavy (non-hydrogen) atoms. The van der Waals surface area contributed by atoms with E-state index >= 15 is 0 Å². The van der Waals surface area contributed by atoms with Gasteiger partial charge in [0.1, 0.15) is 0 Å². The number of amides is 1. The van der Waals surface area contributed by atoms with Gasteiger partial charge in [-0.05, 0) is 24.0 Å². The summed E-state index contributed by atoms with van der Waals surface area (Å²) in [4.78, 5) is 14.9. The first-order chi connectivity index (χ1) is 9.09. The summed E-state index contributed by atoms with van der Waals surface area (Å²) in [6.45, 7) is 6.74. The van der Waals surface area contributed by atoms with Gasteiger partial charge in [-0.1, -0.05) is 39.0 Å². The number of carbonyl (C=O) groups excluding carboxylic acids is 1. The molecule has 0 spiro atoms. The summed E-state index contributed by atoms with van der Waals surface area (Å²) in [5, 5.41) is 0.339. The molecule has 3 heteroatoms. The largest absolute Gasteiger partial charge is 0.322 e. The molecule has 1 aromatic carbocycles. The van der Waals surface area contributed by atoms with Crippen LogP contribution in [0, 0.1) is 5.92 Å². The lowest BCUT2D eigenvalue weighted by atomic mass is 9.89. The monoisotopic (exact) mass is 275 g/mol. The van der Waals surface area contributed by atoms with Gasteiger partial charge in [0, 0.05) is 23.3 Å². The second-order valence-electron chi connectivity index (χ2n) is 6.10.